The van der Waals surface area contributed by atoms with E-state index in [-0.39, 0.29) is 11.9 Å². The third kappa shape index (κ3) is 7.01. The Hall–Kier alpha value is -3.02. The van der Waals surface area contributed by atoms with Crippen LogP contribution in [-0.2, 0) is 11.2 Å². The van der Waals surface area contributed by atoms with E-state index in [2.05, 4.69) is 17.6 Å². The van der Waals surface area contributed by atoms with Gasteiger partial charge >= 0.3 is 6.03 Å². The molecule has 0 spiro atoms. The highest BCUT2D eigenvalue weighted by molar-refractivity contribution is 5.99. The smallest absolute Gasteiger partial charge is 0.323 e. The van der Waals surface area contributed by atoms with Gasteiger partial charge in [0.1, 0.15) is 5.75 Å². The molecule has 2 aromatic carbocycles. The van der Waals surface area contributed by atoms with Gasteiger partial charge in [-0.2, -0.15) is 0 Å². The molecule has 0 aliphatic carbocycles. The fourth-order valence-electron chi connectivity index (χ4n) is 2.30. The molecule has 144 valence electrons. The first-order valence-corrected chi connectivity index (χ1v) is 9.08. The highest BCUT2D eigenvalue weighted by Crippen LogP contribution is 2.17. The van der Waals surface area contributed by atoms with E-state index in [0.29, 0.717) is 24.4 Å². The molecule has 0 saturated carbocycles. The summed E-state index contributed by atoms with van der Waals surface area (Å²) < 4.78 is 5.60. The minimum Gasteiger partial charge on any atom is -0.494 e. The van der Waals surface area contributed by atoms with Crippen molar-refractivity contribution < 1.29 is 14.3 Å². The van der Waals surface area contributed by atoms with Gasteiger partial charge in [0, 0.05) is 25.5 Å². The van der Waals surface area contributed by atoms with E-state index < -0.39 is 0 Å². The first-order chi connectivity index (χ1) is 13.0. The van der Waals surface area contributed by atoms with Crippen molar-refractivity contribution in [2.24, 2.45) is 0 Å². The van der Waals surface area contributed by atoms with Crippen molar-refractivity contribution in [3.05, 3.63) is 54.1 Å². The summed E-state index contributed by atoms with van der Waals surface area (Å²) in [5.74, 6) is 0.827. The largest absolute Gasteiger partial charge is 0.494 e. The third-order valence-corrected chi connectivity index (χ3v) is 3.94. The van der Waals surface area contributed by atoms with E-state index in [1.54, 1.807) is 43.3 Å². The molecule has 6 heteroatoms. The fraction of sp³-hybridized carbons (Fsp3) is 0.333. The van der Waals surface area contributed by atoms with Crippen LogP contribution in [0.25, 0.3) is 0 Å². The van der Waals surface area contributed by atoms with Gasteiger partial charge in [0.2, 0.25) is 5.91 Å². The zero-order valence-corrected chi connectivity index (χ0v) is 16.1. The molecule has 0 atom stereocenters. The molecule has 0 unspecified atom stereocenters. The van der Waals surface area contributed by atoms with Gasteiger partial charge in [-0.05, 0) is 48.4 Å². The Morgan fingerprint density at radius 3 is 2.00 bits per heavy atom. The van der Waals surface area contributed by atoms with Crippen LogP contribution in [0.3, 0.4) is 0 Å². The number of unbranched alkanes of at least 4 members (excludes halogenated alkanes) is 1. The van der Waals surface area contributed by atoms with E-state index in [1.807, 2.05) is 24.3 Å². The van der Waals surface area contributed by atoms with Gasteiger partial charge in [-0.15, -0.1) is 0 Å². The van der Waals surface area contributed by atoms with Crippen LogP contribution in [0, 0.1) is 0 Å². The van der Waals surface area contributed by atoms with Crippen molar-refractivity contribution in [3.63, 3.8) is 0 Å². The molecular formula is C21H27N3O3. The SMILES string of the molecule is CCCCOc1ccc(NC(=O)Nc2ccc(CC(=O)N(C)C)cc2)cc1. The predicted molar refractivity (Wildman–Crippen MR) is 108 cm³/mol. The summed E-state index contributed by atoms with van der Waals surface area (Å²) in [6.07, 6.45) is 2.45. The highest BCUT2D eigenvalue weighted by atomic mass is 16.5. The maximum atomic E-state index is 12.1. The summed E-state index contributed by atoms with van der Waals surface area (Å²) in [6, 6.07) is 14.2. The molecule has 0 saturated heterocycles. The van der Waals surface area contributed by atoms with Gasteiger partial charge in [-0.25, -0.2) is 4.79 Å². The minimum atomic E-state index is -0.327. The Bertz CT molecular complexity index is 740. The van der Waals surface area contributed by atoms with Crippen molar-refractivity contribution in [2.45, 2.75) is 26.2 Å². The number of carbonyl (C=O) groups is 2. The molecule has 0 aliphatic heterocycles. The van der Waals surface area contributed by atoms with E-state index in [0.717, 1.165) is 24.2 Å². The van der Waals surface area contributed by atoms with Gasteiger partial charge in [0.05, 0.1) is 13.0 Å². The first kappa shape index (κ1) is 20.3. The number of nitrogens with zero attached hydrogens (tertiary/aromatic N) is 1. The van der Waals surface area contributed by atoms with Gasteiger partial charge in [0.15, 0.2) is 0 Å². The topological polar surface area (TPSA) is 70.7 Å². The van der Waals surface area contributed by atoms with Crippen LogP contribution in [0.15, 0.2) is 48.5 Å². The van der Waals surface area contributed by atoms with Gasteiger partial charge in [-0.3, -0.25) is 4.79 Å². The molecule has 0 fully saturated rings. The molecule has 6 nitrogen and oxygen atoms in total. The van der Waals surface area contributed by atoms with Crippen LogP contribution in [0.1, 0.15) is 25.3 Å². The van der Waals surface area contributed by atoms with E-state index >= 15 is 0 Å². The van der Waals surface area contributed by atoms with Crippen molar-refractivity contribution in [1.82, 2.24) is 4.90 Å². The predicted octanol–water partition coefficient (Wildman–Crippen LogP) is 4.14. The van der Waals surface area contributed by atoms with Crippen molar-refractivity contribution in [2.75, 3.05) is 31.3 Å². The van der Waals surface area contributed by atoms with E-state index in [1.165, 1.54) is 0 Å². The van der Waals surface area contributed by atoms with Gasteiger partial charge in [0.25, 0.3) is 0 Å². The lowest BCUT2D eigenvalue weighted by Crippen LogP contribution is -2.23. The average Bonchev–Trinajstić information content (AvgIpc) is 2.65. The minimum absolute atomic E-state index is 0.0376. The highest BCUT2D eigenvalue weighted by Gasteiger charge is 2.07. The second kappa shape index (κ2) is 10.2. The molecule has 2 aromatic rings. The van der Waals surface area contributed by atoms with Gasteiger partial charge in [-0.1, -0.05) is 25.5 Å². The molecule has 27 heavy (non-hydrogen) atoms. The van der Waals surface area contributed by atoms with Crippen molar-refractivity contribution in [3.8, 4) is 5.75 Å². The molecule has 0 bridgehead atoms. The number of likely N-dealkylation sites (N-methyl/N-ethyl adjacent to an activating group) is 1. The quantitative estimate of drug-likeness (QED) is 0.687. The van der Waals surface area contributed by atoms with Crippen LogP contribution < -0.4 is 15.4 Å². The lowest BCUT2D eigenvalue weighted by Gasteiger charge is -2.11. The number of amides is 3. The maximum Gasteiger partial charge on any atom is 0.323 e. The van der Waals surface area contributed by atoms with E-state index in [4.69, 9.17) is 4.74 Å². The number of benzene rings is 2. The molecule has 3 amide bonds. The number of anilines is 2. The first-order valence-electron chi connectivity index (χ1n) is 9.08. The third-order valence-electron chi connectivity index (χ3n) is 3.94. The van der Waals surface area contributed by atoms with Crippen molar-refractivity contribution in [1.29, 1.82) is 0 Å². The number of hydrogen-bond acceptors (Lipinski definition) is 3. The Morgan fingerprint density at radius 1 is 0.926 bits per heavy atom. The summed E-state index contributed by atoms with van der Waals surface area (Å²) >= 11 is 0. The Labute approximate surface area is 160 Å². The molecule has 2 rings (SSSR count). The van der Waals surface area contributed by atoms with Crippen molar-refractivity contribution >= 4 is 23.3 Å². The lowest BCUT2D eigenvalue weighted by molar-refractivity contribution is -0.127. The van der Waals surface area contributed by atoms with E-state index in [9.17, 15) is 9.59 Å². The lowest BCUT2D eigenvalue weighted by atomic mass is 10.1. The summed E-state index contributed by atoms with van der Waals surface area (Å²) in [6.45, 7) is 2.81. The number of rotatable bonds is 8. The van der Waals surface area contributed by atoms with Crippen LogP contribution in [0.5, 0.6) is 5.75 Å². The maximum absolute atomic E-state index is 12.1. The Morgan fingerprint density at radius 2 is 1.48 bits per heavy atom. The zero-order valence-electron chi connectivity index (χ0n) is 16.1. The summed E-state index contributed by atoms with van der Waals surface area (Å²) in [4.78, 5) is 25.4. The van der Waals surface area contributed by atoms with Crippen LogP contribution in [0.4, 0.5) is 16.2 Å². The molecule has 2 N–H and O–H groups in total. The molecule has 0 heterocycles. The number of nitrogens with one attached hydrogen (secondary N) is 2. The second-order valence-electron chi connectivity index (χ2n) is 6.47. The molecule has 0 radical (unpaired) electrons. The number of ether oxygens (including phenoxy) is 1. The summed E-state index contributed by atoms with van der Waals surface area (Å²) in [5, 5.41) is 5.55. The number of hydrogen-bond donors (Lipinski definition) is 2. The Kier molecular flexibility index (Phi) is 7.67. The van der Waals surface area contributed by atoms with Crippen LogP contribution in [-0.4, -0.2) is 37.5 Å². The van der Waals surface area contributed by atoms with Gasteiger partial charge < -0.3 is 20.3 Å². The monoisotopic (exact) mass is 369 g/mol. The average molecular weight is 369 g/mol. The fourth-order valence-corrected chi connectivity index (χ4v) is 2.30. The molecule has 0 aromatic heterocycles. The number of carbonyl (C=O) groups excluding carboxylic acids is 2. The van der Waals surface area contributed by atoms with Crippen LogP contribution >= 0.6 is 0 Å². The normalized spacial score (nSPS) is 10.2. The number of urea groups is 1. The molecule has 0 aliphatic rings. The standard InChI is InChI=1S/C21H27N3O3/c1-4-5-14-27-19-12-10-18(11-13-19)23-21(26)22-17-8-6-16(7-9-17)15-20(25)24(2)3/h6-13H,4-5,14-15H2,1-3H3,(H2,22,23,26). The van der Waals surface area contributed by atoms with Crippen LogP contribution in [0.2, 0.25) is 0 Å². The second-order valence-corrected chi connectivity index (χ2v) is 6.47. The Balaban J connectivity index is 1.83. The summed E-state index contributed by atoms with van der Waals surface area (Å²) in [5.41, 5.74) is 2.25. The zero-order chi connectivity index (χ0) is 19.6. The summed E-state index contributed by atoms with van der Waals surface area (Å²) in [7, 11) is 3.46. The molecular weight excluding hydrogens is 342 g/mol.